The number of anilines is 2. The number of nitrogens with zero attached hydrogens (tertiary/aromatic N) is 1. The SMILES string of the molecule is CN(C)c1ccc(NC(=O)c2cccc(Cl)c2)cc1C(=O)NCc1ccc(F)cc1. The first-order valence-corrected chi connectivity index (χ1v) is 9.62. The summed E-state index contributed by atoms with van der Waals surface area (Å²) in [6, 6.07) is 17.7. The highest BCUT2D eigenvalue weighted by molar-refractivity contribution is 6.31. The molecule has 3 aromatic rings. The van der Waals surface area contributed by atoms with Gasteiger partial charge >= 0.3 is 0 Å². The van der Waals surface area contributed by atoms with Crippen LogP contribution in [0.25, 0.3) is 0 Å². The molecule has 154 valence electrons. The van der Waals surface area contributed by atoms with Crippen molar-refractivity contribution in [2.24, 2.45) is 0 Å². The van der Waals surface area contributed by atoms with E-state index in [1.54, 1.807) is 54.6 Å². The number of amides is 2. The molecule has 2 N–H and O–H groups in total. The first-order chi connectivity index (χ1) is 14.3. The van der Waals surface area contributed by atoms with Gasteiger partial charge in [0.15, 0.2) is 0 Å². The van der Waals surface area contributed by atoms with Gasteiger partial charge in [0.2, 0.25) is 0 Å². The number of hydrogen-bond donors (Lipinski definition) is 2. The fourth-order valence-electron chi connectivity index (χ4n) is 2.90. The van der Waals surface area contributed by atoms with E-state index in [1.807, 2.05) is 19.0 Å². The van der Waals surface area contributed by atoms with Crippen LogP contribution in [0.15, 0.2) is 66.7 Å². The fraction of sp³-hybridized carbons (Fsp3) is 0.130. The molecule has 3 rings (SSSR count). The van der Waals surface area contributed by atoms with Crippen LogP contribution in [0.5, 0.6) is 0 Å². The van der Waals surface area contributed by atoms with E-state index in [0.29, 0.717) is 27.5 Å². The quantitative estimate of drug-likeness (QED) is 0.600. The molecule has 0 fully saturated rings. The van der Waals surface area contributed by atoms with Crippen LogP contribution in [0.1, 0.15) is 26.3 Å². The van der Waals surface area contributed by atoms with Gasteiger partial charge in [0.25, 0.3) is 11.8 Å². The molecule has 2 amide bonds. The summed E-state index contributed by atoms with van der Waals surface area (Å²) in [5.74, 6) is -0.960. The van der Waals surface area contributed by atoms with Gasteiger partial charge in [0.1, 0.15) is 5.82 Å². The van der Waals surface area contributed by atoms with Gasteiger partial charge in [-0.3, -0.25) is 9.59 Å². The van der Waals surface area contributed by atoms with Crippen molar-refractivity contribution in [2.45, 2.75) is 6.54 Å². The predicted octanol–water partition coefficient (Wildman–Crippen LogP) is 4.73. The van der Waals surface area contributed by atoms with Gasteiger partial charge in [-0.1, -0.05) is 29.8 Å². The number of hydrogen-bond acceptors (Lipinski definition) is 3. The standard InChI is InChI=1S/C23H21ClFN3O2/c1-28(2)21-11-10-19(27-22(29)16-4-3-5-17(24)12-16)13-20(21)23(30)26-14-15-6-8-18(25)9-7-15/h3-13H,14H2,1-2H3,(H,26,30)(H,27,29). The first-order valence-electron chi connectivity index (χ1n) is 9.24. The molecule has 0 aromatic heterocycles. The molecular weight excluding hydrogens is 405 g/mol. The second-order valence-corrected chi connectivity index (χ2v) is 7.34. The second kappa shape index (κ2) is 9.41. The maximum Gasteiger partial charge on any atom is 0.255 e. The number of carbonyl (C=O) groups excluding carboxylic acids is 2. The van der Waals surface area contributed by atoms with E-state index in [1.165, 1.54) is 12.1 Å². The van der Waals surface area contributed by atoms with Gasteiger partial charge in [-0.2, -0.15) is 0 Å². The largest absolute Gasteiger partial charge is 0.377 e. The van der Waals surface area contributed by atoms with Crippen LogP contribution < -0.4 is 15.5 Å². The number of rotatable bonds is 6. The Hall–Kier alpha value is -3.38. The van der Waals surface area contributed by atoms with Gasteiger partial charge in [-0.15, -0.1) is 0 Å². The number of nitrogens with one attached hydrogen (secondary N) is 2. The maximum atomic E-state index is 13.1. The molecule has 0 unspecified atom stereocenters. The Bertz CT molecular complexity index is 1070. The summed E-state index contributed by atoms with van der Waals surface area (Å²) >= 11 is 5.95. The van der Waals surface area contributed by atoms with Crippen molar-refractivity contribution in [3.05, 3.63) is 94.3 Å². The van der Waals surface area contributed by atoms with Crippen molar-refractivity contribution in [3.8, 4) is 0 Å². The third-order valence-corrected chi connectivity index (χ3v) is 4.67. The number of benzene rings is 3. The zero-order chi connectivity index (χ0) is 21.7. The highest BCUT2D eigenvalue weighted by Crippen LogP contribution is 2.24. The van der Waals surface area contributed by atoms with Crippen LogP contribution in [0.2, 0.25) is 5.02 Å². The minimum absolute atomic E-state index is 0.255. The predicted molar refractivity (Wildman–Crippen MR) is 118 cm³/mol. The van der Waals surface area contributed by atoms with Crippen LogP contribution in [0.4, 0.5) is 15.8 Å². The summed E-state index contributed by atoms with van der Waals surface area (Å²) in [6.07, 6.45) is 0. The molecule has 3 aromatic carbocycles. The highest BCUT2D eigenvalue weighted by Gasteiger charge is 2.15. The van der Waals surface area contributed by atoms with Crippen molar-refractivity contribution in [1.82, 2.24) is 5.32 Å². The molecule has 30 heavy (non-hydrogen) atoms. The van der Waals surface area contributed by atoms with Gasteiger partial charge < -0.3 is 15.5 Å². The molecule has 0 aliphatic carbocycles. The average Bonchev–Trinajstić information content (AvgIpc) is 2.73. The Balaban J connectivity index is 1.79. The van der Waals surface area contributed by atoms with E-state index in [9.17, 15) is 14.0 Å². The first kappa shape index (κ1) is 21.3. The Morgan fingerprint density at radius 2 is 1.70 bits per heavy atom. The molecule has 7 heteroatoms. The van der Waals surface area contributed by atoms with Crippen molar-refractivity contribution < 1.29 is 14.0 Å². The lowest BCUT2D eigenvalue weighted by molar-refractivity contribution is 0.0950. The lowest BCUT2D eigenvalue weighted by Crippen LogP contribution is -2.25. The van der Waals surface area contributed by atoms with Gasteiger partial charge in [-0.05, 0) is 54.1 Å². The molecule has 0 saturated heterocycles. The van der Waals surface area contributed by atoms with Crippen LogP contribution >= 0.6 is 11.6 Å². The monoisotopic (exact) mass is 425 g/mol. The smallest absolute Gasteiger partial charge is 0.255 e. The summed E-state index contributed by atoms with van der Waals surface area (Å²) in [6.45, 7) is 0.255. The van der Waals surface area contributed by atoms with Gasteiger partial charge in [0, 0.05) is 42.6 Å². The second-order valence-electron chi connectivity index (χ2n) is 6.90. The van der Waals surface area contributed by atoms with Crippen LogP contribution in [-0.2, 0) is 6.54 Å². The number of halogens is 2. The van der Waals surface area contributed by atoms with E-state index >= 15 is 0 Å². The van der Waals surface area contributed by atoms with Gasteiger partial charge in [0.05, 0.1) is 5.56 Å². The minimum atomic E-state index is -0.330. The molecular formula is C23H21ClFN3O2. The van der Waals surface area contributed by atoms with E-state index in [0.717, 1.165) is 5.56 Å². The molecule has 0 bridgehead atoms. The van der Waals surface area contributed by atoms with Crippen molar-refractivity contribution in [3.63, 3.8) is 0 Å². The molecule has 0 aliphatic heterocycles. The topological polar surface area (TPSA) is 61.4 Å². The minimum Gasteiger partial charge on any atom is -0.377 e. The Morgan fingerprint density at radius 1 is 0.967 bits per heavy atom. The zero-order valence-corrected chi connectivity index (χ0v) is 17.3. The van der Waals surface area contributed by atoms with E-state index in [4.69, 9.17) is 11.6 Å². The van der Waals surface area contributed by atoms with E-state index < -0.39 is 0 Å². The van der Waals surface area contributed by atoms with E-state index in [2.05, 4.69) is 10.6 Å². The molecule has 0 spiro atoms. The Kier molecular flexibility index (Phi) is 6.69. The van der Waals surface area contributed by atoms with Crippen molar-refractivity contribution in [1.29, 1.82) is 0 Å². The Labute approximate surface area is 179 Å². The van der Waals surface area contributed by atoms with Crippen LogP contribution in [0.3, 0.4) is 0 Å². The van der Waals surface area contributed by atoms with E-state index in [-0.39, 0.29) is 24.2 Å². The summed E-state index contributed by atoms with van der Waals surface area (Å²) in [5.41, 5.74) is 2.79. The summed E-state index contributed by atoms with van der Waals surface area (Å²) in [7, 11) is 3.66. The van der Waals surface area contributed by atoms with Crippen molar-refractivity contribution in [2.75, 3.05) is 24.3 Å². The normalized spacial score (nSPS) is 10.4. The van der Waals surface area contributed by atoms with Crippen LogP contribution in [0, 0.1) is 5.82 Å². The average molecular weight is 426 g/mol. The molecule has 0 atom stereocenters. The zero-order valence-electron chi connectivity index (χ0n) is 16.6. The summed E-state index contributed by atoms with van der Waals surface area (Å²) in [5, 5.41) is 6.08. The third-order valence-electron chi connectivity index (χ3n) is 4.43. The third kappa shape index (κ3) is 5.36. The highest BCUT2D eigenvalue weighted by atomic mass is 35.5. The maximum absolute atomic E-state index is 13.1. The van der Waals surface area contributed by atoms with Crippen LogP contribution in [-0.4, -0.2) is 25.9 Å². The van der Waals surface area contributed by atoms with Gasteiger partial charge in [-0.25, -0.2) is 4.39 Å². The number of carbonyl (C=O) groups is 2. The lowest BCUT2D eigenvalue weighted by atomic mass is 10.1. The Morgan fingerprint density at radius 3 is 2.37 bits per heavy atom. The molecule has 0 heterocycles. The molecule has 0 aliphatic rings. The summed E-state index contributed by atoms with van der Waals surface area (Å²) < 4.78 is 13.1. The fourth-order valence-corrected chi connectivity index (χ4v) is 3.09. The molecule has 5 nitrogen and oxygen atoms in total. The lowest BCUT2D eigenvalue weighted by Gasteiger charge is -2.18. The molecule has 0 saturated carbocycles. The summed E-state index contributed by atoms with van der Waals surface area (Å²) in [4.78, 5) is 27.1. The molecule has 0 radical (unpaired) electrons. The van der Waals surface area contributed by atoms with Crippen molar-refractivity contribution >= 4 is 34.8 Å².